The molecule has 2 bridgehead atoms. The molecule has 0 unspecified atom stereocenters. The first kappa shape index (κ1) is 15.7. The van der Waals surface area contributed by atoms with Crippen LogP contribution in [-0.2, 0) is 0 Å². The van der Waals surface area contributed by atoms with Gasteiger partial charge < -0.3 is 5.43 Å². The summed E-state index contributed by atoms with van der Waals surface area (Å²) in [5, 5.41) is 3.02. The Balaban J connectivity index is 1.46. The molecule has 1 fully saturated rings. The van der Waals surface area contributed by atoms with E-state index in [2.05, 4.69) is 74.3 Å². The lowest BCUT2D eigenvalue weighted by Crippen LogP contribution is -2.37. The molecule has 1 heterocycles. The Morgan fingerprint density at radius 3 is 2.50 bits per heavy atom. The molecular weight excluding hydrogens is 314 g/mol. The summed E-state index contributed by atoms with van der Waals surface area (Å²) in [5.74, 6) is 0.686. The zero-order valence-corrected chi connectivity index (χ0v) is 15.6. The van der Waals surface area contributed by atoms with Gasteiger partial charge >= 0.3 is 0 Å². The maximum Gasteiger partial charge on any atom is 0.202 e. The third-order valence-electron chi connectivity index (χ3n) is 6.42. The van der Waals surface area contributed by atoms with Crippen LogP contribution in [0.15, 0.2) is 41.4 Å². The van der Waals surface area contributed by atoms with Crippen LogP contribution >= 0.6 is 11.3 Å². The van der Waals surface area contributed by atoms with E-state index in [9.17, 15) is 0 Å². The molecule has 1 saturated carbocycles. The fourth-order valence-electron chi connectivity index (χ4n) is 4.18. The van der Waals surface area contributed by atoms with Gasteiger partial charge in [0.25, 0.3) is 0 Å². The van der Waals surface area contributed by atoms with Gasteiger partial charge in [-0.1, -0.05) is 56.7 Å². The monoisotopic (exact) mass is 339 g/mol. The number of thiazole rings is 1. The van der Waals surface area contributed by atoms with E-state index in [1.165, 1.54) is 24.1 Å². The minimum absolute atomic E-state index is 0.238. The van der Waals surface area contributed by atoms with Gasteiger partial charge in [-0.3, -0.25) is 5.43 Å². The van der Waals surface area contributed by atoms with E-state index < -0.39 is 0 Å². The molecule has 126 valence electrons. The Kier molecular flexibility index (Phi) is 3.50. The lowest BCUT2D eigenvalue weighted by Gasteiger charge is -2.37. The second-order valence-electron chi connectivity index (χ2n) is 7.93. The van der Waals surface area contributed by atoms with Gasteiger partial charge in [-0.25, -0.2) is 4.98 Å². The fourth-order valence-corrected chi connectivity index (χ4v) is 4.86. The maximum absolute atomic E-state index is 4.71. The zero-order valence-electron chi connectivity index (χ0n) is 14.8. The van der Waals surface area contributed by atoms with Crippen molar-refractivity contribution >= 4 is 16.5 Å². The molecule has 2 aromatic rings. The summed E-state index contributed by atoms with van der Waals surface area (Å²) in [5.41, 5.74) is 12.2. The van der Waals surface area contributed by atoms with Crippen molar-refractivity contribution in [2.75, 3.05) is 5.43 Å². The van der Waals surface area contributed by atoms with Gasteiger partial charge in [-0.05, 0) is 31.1 Å². The number of benzene rings is 1. The van der Waals surface area contributed by atoms with Crippen molar-refractivity contribution in [1.82, 2.24) is 10.4 Å². The average Bonchev–Trinajstić information content (AvgIpc) is 3.16. The number of hydrazine groups is 1. The first-order valence-corrected chi connectivity index (χ1v) is 9.55. The second kappa shape index (κ2) is 5.35. The summed E-state index contributed by atoms with van der Waals surface area (Å²) in [6.07, 6.45) is 4.99. The van der Waals surface area contributed by atoms with E-state index in [1.54, 1.807) is 11.3 Å². The largest absolute Gasteiger partial charge is 0.303 e. The summed E-state index contributed by atoms with van der Waals surface area (Å²) in [6.45, 7) is 9.29. The summed E-state index contributed by atoms with van der Waals surface area (Å²) in [4.78, 5) is 4.71. The zero-order chi connectivity index (χ0) is 16.9. The van der Waals surface area contributed by atoms with E-state index in [0.717, 1.165) is 16.4 Å². The van der Waals surface area contributed by atoms with Crippen LogP contribution in [0.3, 0.4) is 0 Å². The summed E-state index contributed by atoms with van der Waals surface area (Å²) in [7, 11) is 0. The molecule has 2 atom stereocenters. The lowest BCUT2D eigenvalue weighted by molar-refractivity contribution is 0.165. The summed E-state index contributed by atoms with van der Waals surface area (Å²) >= 11 is 1.64. The Labute approximate surface area is 148 Å². The predicted molar refractivity (Wildman–Crippen MR) is 102 cm³/mol. The van der Waals surface area contributed by atoms with Crippen molar-refractivity contribution in [3.63, 3.8) is 0 Å². The van der Waals surface area contributed by atoms with Gasteiger partial charge in [0.05, 0.1) is 5.69 Å². The molecule has 2 N–H and O–H groups in total. The van der Waals surface area contributed by atoms with Crippen LogP contribution < -0.4 is 10.9 Å². The van der Waals surface area contributed by atoms with Crippen LogP contribution in [-0.4, -0.2) is 4.98 Å². The SMILES string of the molecule is Cc1ccc(-c2csc(NNC3=C[C@H]4CC[C@@]3(C)C4(C)C)n2)cc1. The molecule has 4 rings (SSSR count). The molecule has 3 nitrogen and oxygen atoms in total. The van der Waals surface area contributed by atoms with E-state index in [1.807, 2.05) is 0 Å². The molecule has 2 aliphatic carbocycles. The van der Waals surface area contributed by atoms with Crippen LogP contribution in [0.25, 0.3) is 11.3 Å². The van der Waals surface area contributed by atoms with Crippen LogP contribution in [0, 0.1) is 23.7 Å². The van der Waals surface area contributed by atoms with Crippen molar-refractivity contribution in [3.8, 4) is 11.3 Å². The van der Waals surface area contributed by atoms with Crippen molar-refractivity contribution in [2.45, 2.75) is 40.5 Å². The van der Waals surface area contributed by atoms with E-state index in [0.29, 0.717) is 11.3 Å². The molecule has 4 heteroatoms. The number of nitrogens with one attached hydrogen (secondary N) is 2. The predicted octanol–water partition coefficient (Wildman–Crippen LogP) is 5.38. The number of hydrogen-bond donors (Lipinski definition) is 2. The summed E-state index contributed by atoms with van der Waals surface area (Å²) < 4.78 is 0. The first-order chi connectivity index (χ1) is 11.4. The highest BCUT2D eigenvalue weighted by molar-refractivity contribution is 7.14. The number of anilines is 1. The Bertz CT molecular complexity index is 787. The van der Waals surface area contributed by atoms with Gasteiger partial charge in [0.2, 0.25) is 5.13 Å². The van der Waals surface area contributed by atoms with Crippen molar-refractivity contribution < 1.29 is 0 Å². The number of fused-ring (bicyclic) bond motifs is 2. The van der Waals surface area contributed by atoms with Gasteiger partial charge in [-0.2, -0.15) is 0 Å². The highest BCUT2D eigenvalue weighted by Crippen LogP contribution is 2.64. The highest BCUT2D eigenvalue weighted by atomic mass is 32.1. The fraction of sp³-hybridized carbons (Fsp3) is 0.450. The Morgan fingerprint density at radius 2 is 1.88 bits per heavy atom. The van der Waals surface area contributed by atoms with Crippen LogP contribution in [0.4, 0.5) is 5.13 Å². The molecule has 0 aliphatic heterocycles. The molecule has 0 amide bonds. The quantitative estimate of drug-likeness (QED) is 0.735. The minimum atomic E-state index is 0.238. The van der Waals surface area contributed by atoms with Gasteiger partial charge in [0, 0.05) is 22.1 Å². The van der Waals surface area contributed by atoms with Crippen molar-refractivity contribution in [2.24, 2.45) is 16.7 Å². The van der Waals surface area contributed by atoms with Crippen LogP contribution in [0.5, 0.6) is 0 Å². The summed E-state index contributed by atoms with van der Waals surface area (Å²) in [6, 6.07) is 8.51. The molecule has 24 heavy (non-hydrogen) atoms. The number of aryl methyl sites for hydroxylation is 1. The molecule has 0 saturated heterocycles. The molecule has 0 radical (unpaired) electrons. The second-order valence-corrected chi connectivity index (χ2v) is 8.79. The van der Waals surface area contributed by atoms with Crippen molar-refractivity contribution in [1.29, 1.82) is 0 Å². The number of aromatic nitrogens is 1. The Hall–Kier alpha value is -1.81. The highest BCUT2D eigenvalue weighted by Gasteiger charge is 2.57. The lowest BCUT2D eigenvalue weighted by atomic mass is 9.69. The molecule has 1 aromatic carbocycles. The van der Waals surface area contributed by atoms with Gasteiger partial charge in [-0.15, -0.1) is 11.3 Å². The smallest absolute Gasteiger partial charge is 0.202 e. The van der Waals surface area contributed by atoms with Gasteiger partial charge in [0.15, 0.2) is 0 Å². The molecular formula is C20H25N3S. The van der Waals surface area contributed by atoms with E-state index in [4.69, 9.17) is 4.98 Å². The number of hydrogen-bond acceptors (Lipinski definition) is 4. The maximum atomic E-state index is 4.71. The number of allylic oxidation sites excluding steroid dienone is 2. The number of nitrogens with zero attached hydrogens (tertiary/aromatic N) is 1. The third kappa shape index (κ3) is 2.27. The van der Waals surface area contributed by atoms with Crippen LogP contribution in [0.2, 0.25) is 0 Å². The van der Waals surface area contributed by atoms with E-state index >= 15 is 0 Å². The molecule has 1 aromatic heterocycles. The molecule has 2 aliphatic rings. The third-order valence-corrected chi connectivity index (χ3v) is 7.18. The standard InChI is InChI=1S/C20H25N3S/c1-13-5-7-14(8-6-13)16-12-24-18(21-16)23-22-17-11-15-9-10-20(17,4)19(15,2)3/h5-8,11-12,15,22H,9-10H2,1-4H3,(H,21,23)/t15-,20-/m1/s1. The normalized spacial score (nSPS) is 27.2. The van der Waals surface area contributed by atoms with E-state index in [-0.39, 0.29) is 5.41 Å². The average molecular weight is 340 g/mol. The van der Waals surface area contributed by atoms with Crippen molar-refractivity contribution in [3.05, 3.63) is 47.0 Å². The Morgan fingerprint density at radius 1 is 1.12 bits per heavy atom. The number of rotatable bonds is 4. The topological polar surface area (TPSA) is 37.0 Å². The first-order valence-electron chi connectivity index (χ1n) is 8.67. The van der Waals surface area contributed by atoms with Crippen LogP contribution in [0.1, 0.15) is 39.2 Å². The minimum Gasteiger partial charge on any atom is -0.303 e. The van der Waals surface area contributed by atoms with Gasteiger partial charge in [0.1, 0.15) is 0 Å². The molecule has 0 spiro atoms.